The van der Waals surface area contributed by atoms with Gasteiger partial charge in [-0.25, -0.2) is 9.59 Å². The Bertz CT molecular complexity index is 1670. The SMILES string of the molecule is COc1cc(C2=C(c3cn(CCCOC(=O)C(CC(C)C)NC(=O)OC(C)(C)C)c4ccccc34)C(=O)NC2=O)cc(OC)c1OC. The van der Waals surface area contributed by atoms with Gasteiger partial charge in [-0.3, -0.25) is 14.9 Å². The number of amides is 3. The van der Waals surface area contributed by atoms with Crippen molar-refractivity contribution in [3.63, 3.8) is 0 Å². The van der Waals surface area contributed by atoms with Crippen molar-refractivity contribution in [2.45, 2.75) is 65.6 Å². The number of benzene rings is 2. The second kappa shape index (κ2) is 14.6. The largest absolute Gasteiger partial charge is 0.493 e. The predicted molar refractivity (Wildman–Crippen MR) is 176 cm³/mol. The molecule has 0 fully saturated rings. The fourth-order valence-corrected chi connectivity index (χ4v) is 5.49. The Labute approximate surface area is 274 Å². The van der Waals surface area contributed by atoms with Crippen molar-refractivity contribution in [2.75, 3.05) is 27.9 Å². The van der Waals surface area contributed by atoms with Gasteiger partial charge in [-0.2, -0.15) is 0 Å². The molecule has 0 saturated heterocycles. The van der Waals surface area contributed by atoms with Crippen LogP contribution in [0.5, 0.6) is 17.2 Å². The monoisotopic (exact) mass is 649 g/mol. The molecule has 0 aliphatic carbocycles. The van der Waals surface area contributed by atoms with Crippen molar-refractivity contribution >= 4 is 45.9 Å². The normalized spacial score (nSPS) is 13.9. The molecule has 2 N–H and O–H groups in total. The third-order valence-electron chi connectivity index (χ3n) is 7.41. The van der Waals surface area contributed by atoms with E-state index in [0.717, 1.165) is 10.9 Å². The summed E-state index contributed by atoms with van der Waals surface area (Å²) in [6.45, 7) is 9.70. The molecule has 47 heavy (non-hydrogen) atoms. The van der Waals surface area contributed by atoms with E-state index in [4.69, 9.17) is 23.7 Å². The Morgan fingerprint density at radius 3 is 2.17 bits per heavy atom. The van der Waals surface area contributed by atoms with E-state index in [0.29, 0.717) is 47.8 Å². The molecule has 2 heterocycles. The lowest BCUT2D eigenvalue weighted by molar-refractivity contribution is -0.146. The number of para-hydroxylation sites is 1. The summed E-state index contributed by atoms with van der Waals surface area (Å²) < 4.78 is 29.3. The molecule has 12 heteroatoms. The molecular formula is C35H43N3O9. The van der Waals surface area contributed by atoms with Gasteiger partial charge in [-0.1, -0.05) is 32.0 Å². The number of nitrogens with zero attached hydrogens (tertiary/aromatic N) is 1. The van der Waals surface area contributed by atoms with Gasteiger partial charge in [0, 0.05) is 29.2 Å². The summed E-state index contributed by atoms with van der Waals surface area (Å²) in [5.41, 5.74) is 1.53. The van der Waals surface area contributed by atoms with Crippen molar-refractivity contribution in [2.24, 2.45) is 5.92 Å². The van der Waals surface area contributed by atoms with Crippen molar-refractivity contribution in [1.29, 1.82) is 0 Å². The summed E-state index contributed by atoms with van der Waals surface area (Å²) >= 11 is 0. The Hall–Kier alpha value is -5.00. The Kier molecular flexibility index (Phi) is 10.8. The highest BCUT2D eigenvalue weighted by molar-refractivity contribution is 6.50. The van der Waals surface area contributed by atoms with Crippen LogP contribution in [0.25, 0.3) is 22.0 Å². The third kappa shape index (κ3) is 8.05. The van der Waals surface area contributed by atoms with Gasteiger partial charge in [0.05, 0.1) is 39.1 Å². The van der Waals surface area contributed by atoms with Gasteiger partial charge in [-0.15, -0.1) is 0 Å². The number of aromatic nitrogens is 1. The first kappa shape index (κ1) is 34.9. The lowest BCUT2D eigenvalue weighted by Crippen LogP contribution is -2.45. The molecule has 2 aromatic carbocycles. The fraction of sp³-hybridized carbons (Fsp3) is 0.429. The first-order valence-corrected chi connectivity index (χ1v) is 15.4. The number of carbonyl (C=O) groups is 4. The lowest BCUT2D eigenvalue weighted by atomic mass is 9.95. The minimum atomic E-state index is -0.845. The highest BCUT2D eigenvalue weighted by Gasteiger charge is 2.35. The van der Waals surface area contributed by atoms with E-state index in [2.05, 4.69) is 10.6 Å². The molecule has 1 atom stereocenters. The zero-order valence-corrected chi connectivity index (χ0v) is 28.1. The van der Waals surface area contributed by atoms with E-state index in [9.17, 15) is 19.2 Å². The minimum absolute atomic E-state index is 0.101. The van der Waals surface area contributed by atoms with Crippen LogP contribution in [0, 0.1) is 5.92 Å². The van der Waals surface area contributed by atoms with Crippen molar-refractivity contribution in [3.05, 3.63) is 53.7 Å². The maximum Gasteiger partial charge on any atom is 0.408 e. The summed E-state index contributed by atoms with van der Waals surface area (Å²) in [5.74, 6) is -0.429. The number of imide groups is 1. The number of aryl methyl sites for hydroxylation is 1. The minimum Gasteiger partial charge on any atom is -0.493 e. The fourth-order valence-electron chi connectivity index (χ4n) is 5.49. The van der Waals surface area contributed by atoms with Crippen LogP contribution in [0.15, 0.2) is 42.6 Å². The van der Waals surface area contributed by atoms with Gasteiger partial charge in [0.2, 0.25) is 5.75 Å². The quantitative estimate of drug-likeness (QED) is 0.147. The summed E-state index contributed by atoms with van der Waals surface area (Å²) in [6.07, 6.45) is 1.99. The Morgan fingerprint density at radius 2 is 1.57 bits per heavy atom. The van der Waals surface area contributed by atoms with Crippen LogP contribution in [-0.4, -0.2) is 68.0 Å². The number of ether oxygens (including phenoxy) is 5. The summed E-state index contributed by atoms with van der Waals surface area (Å²) in [6, 6.07) is 9.97. The lowest BCUT2D eigenvalue weighted by Gasteiger charge is -2.23. The van der Waals surface area contributed by atoms with Gasteiger partial charge in [0.25, 0.3) is 11.8 Å². The topological polar surface area (TPSA) is 143 Å². The van der Waals surface area contributed by atoms with E-state index < -0.39 is 35.5 Å². The van der Waals surface area contributed by atoms with Crippen LogP contribution >= 0.6 is 0 Å². The van der Waals surface area contributed by atoms with E-state index in [-0.39, 0.29) is 23.7 Å². The average Bonchev–Trinajstić information content (AvgIpc) is 3.51. The highest BCUT2D eigenvalue weighted by atomic mass is 16.6. The summed E-state index contributed by atoms with van der Waals surface area (Å²) in [7, 11) is 4.43. The molecule has 1 aliphatic rings. The van der Waals surface area contributed by atoms with Gasteiger partial charge in [-0.05, 0) is 63.3 Å². The van der Waals surface area contributed by atoms with Crippen LogP contribution in [0.1, 0.15) is 58.6 Å². The zero-order valence-electron chi connectivity index (χ0n) is 28.1. The Morgan fingerprint density at radius 1 is 0.936 bits per heavy atom. The first-order chi connectivity index (χ1) is 22.3. The molecule has 3 amide bonds. The molecule has 252 valence electrons. The molecule has 3 aromatic rings. The maximum atomic E-state index is 13.3. The highest BCUT2D eigenvalue weighted by Crippen LogP contribution is 2.43. The zero-order chi connectivity index (χ0) is 34.5. The number of alkyl carbamates (subject to hydrolysis) is 1. The molecule has 12 nitrogen and oxygen atoms in total. The number of rotatable bonds is 13. The third-order valence-corrected chi connectivity index (χ3v) is 7.41. The molecule has 1 aliphatic heterocycles. The van der Waals surface area contributed by atoms with Crippen LogP contribution in [0.4, 0.5) is 4.79 Å². The number of fused-ring (bicyclic) bond motifs is 1. The number of carbonyl (C=O) groups excluding carboxylic acids is 4. The maximum absolute atomic E-state index is 13.3. The van der Waals surface area contributed by atoms with Crippen molar-refractivity contribution in [1.82, 2.24) is 15.2 Å². The number of methoxy groups -OCH3 is 3. The molecule has 0 bridgehead atoms. The van der Waals surface area contributed by atoms with E-state index in [1.165, 1.54) is 21.3 Å². The second-order valence-corrected chi connectivity index (χ2v) is 12.5. The van der Waals surface area contributed by atoms with Gasteiger partial charge in [0.1, 0.15) is 11.6 Å². The number of hydrogen-bond acceptors (Lipinski definition) is 9. The molecule has 0 radical (unpaired) electrons. The van der Waals surface area contributed by atoms with E-state index in [1.807, 2.05) is 48.9 Å². The second-order valence-electron chi connectivity index (χ2n) is 12.5. The average molecular weight is 650 g/mol. The molecule has 0 saturated carbocycles. The number of esters is 1. The van der Waals surface area contributed by atoms with E-state index in [1.54, 1.807) is 32.9 Å². The van der Waals surface area contributed by atoms with Crippen molar-refractivity contribution in [3.8, 4) is 17.2 Å². The number of nitrogens with one attached hydrogen (secondary N) is 2. The molecule has 1 unspecified atom stereocenters. The molecular weight excluding hydrogens is 606 g/mol. The summed E-state index contributed by atoms with van der Waals surface area (Å²) in [4.78, 5) is 51.8. The van der Waals surface area contributed by atoms with Crippen LogP contribution in [0.3, 0.4) is 0 Å². The molecule has 4 rings (SSSR count). The summed E-state index contributed by atoms with van der Waals surface area (Å²) in [5, 5.41) is 5.84. The van der Waals surface area contributed by atoms with Crippen LogP contribution in [-0.2, 0) is 30.4 Å². The van der Waals surface area contributed by atoms with Gasteiger partial charge >= 0.3 is 12.1 Å². The number of hydrogen-bond donors (Lipinski definition) is 2. The Balaban J connectivity index is 1.59. The predicted octanol–water partition coefficient (Wildman–Crippen LogP) is 5.11. The molecule has 0 spiro atoms. The van der Waals surface area contributed by atoms with Gasteiger partial charge < -0.3 is 33.6 Å². The van der Waals surface area contributed by atoms with Gasteiger partial charge in [0.15, 0.2) is 11.5 Å². The molecule has 1 aromatic heterocycles. The van der Waals surface area contributed by atoms with E-state index >= 15 is 0 Å². The first-order valence-electron chi connectivity index (χ1n) is 15.4. The van der Waals surface area contributed by atoms with Crippen LogP contribution in [0.2, 0.25) is 0 Å². The standard InChI is InChI=1S/C35H43N3O9/c1-20(2)16-24(36-34(42)47-35(3,4)5)33(41)46-15-11-14-38-19-23(22-12-9-10-13-25(22)38)29-28(31(39)37-32(29)40)21-17-26(43-6)30(45-8)27(18-21)44-7/h9-10,12-13,17-20,24H,11,14-16H2,1-8H3,(H,36,42)(H,37,39,40). The smallest absolute Gasteiger partial charge is 0.408 e. The van der Waals surface area contributed by atoms with Crippen LogP contribution < -0.4 is 24.8 Å². The van der Waals surface area contributed by atoms with Crippen molar-refractivity contribution < 1.29 is 42.9 Å².